The van der Waals surface area contributed by atoms with Crippen molar-refractivity contribution in [2.24, 2.45) is 0 Å². The summed E-state index contributed by atoms with van der Waals surface area (Å²) < 4.78 is 0. The Bertz CT molecular complexity index is 451. The predicted molar refractivity (Wildman–Crippen MR) is 82.9 cm³/mol. The van der Waals surface area contributed by atoms with E-state index >= 15 is 0 Å². The van der Waals surface area contributed by atoms with Gasteiger partial charge in [0, 0.05) is 12.1 Å². The highest BCUT2D eigenvalue weighted by atomic mass is 16.3. The summed E-state index contributed by atoms with van der Waals surface area (Å²) in [5.41, 5.74) is 1.86. The second-order valence-corrected chi connectivity index (χ2v) is 7.12. The number of rotatable bonds is 2. The zero-order chi connectivity index (χ0) is 14.3. The Balaban J connectivity index is 1.85. The van der Waals surface area contributed by atoms with Gasteiger partial charge in [0.05, 0.1) is 5.60 Å². The Labute approximate surface area is 122 Å². The van der Waals surface area contributed by atoms with Gasteiger partial charge in [0.1, 0.15) is 0 Å². The Morgan fingerprint density at radius 2 is 1.65 bits per heavy atom. The summed E-state index contributed by atoms with van der Waals surface area (Å²) in [5, 5.41) is 11.2. The van der Waals surface area contributed by atoms with Gasteiger partial charge in [0.2, 0.25) is 0 Å². The summed E-state index contributed by atoms with van der Waals surface area (Å²) in [4.78, 5) is 2.50. The minimum atomic E-state index is -0.613. The van der Waals surface area contributed by atoms with E-state index in [-0.39, 0.29) is 0 Å². The first-order valence-electron chi connectivity index (χ1n) is 8.04. The molecule has 2 unspecified atom stereocenters. The standard InChI is InChI=1S/C18H27NO/c1-13(2)14-7-9-15(10-8-14)18(20)11-16-5-4-6-17(12-18)19(16)3/h7-10,13,16-17,20H,4-6,11-12H2,1-3H3. The molecule has 0 saturated carbocycles. The molecular weight excluding hydrogens is 246 g/mol. The molecule has 1 aromatic rings. The number of piperidine rings is 2. The van der Waals surface area contributed by atoms with Crippen LogP contribution in [0.15, 0.2) is 24.3 Å². The zero-order valence-corrected chi connectivity index (χ0v) is 13.0. The topological polar surface area (TPSA) is 23.5 Å². The van der Waals surface area contributed by atoms with Gasteiger partial charge in [-0.05, 0) is 49.8 Å². The molecule has 2 aliphatic rings. The molecular formula is C18H27NO. The first kappa shape index (κ1) is 14.1. The second-order valence-electron chi connectivity index (χ2n) is 7.12. The molecule has 2 heterocycles. The fraction of sp³-hybridized carbons (Fsp3) is 0.667. The van der Waals surface area contributed by atoms with Gasteiger partial charge >= 0.3 is 0 Å². The van der Waals surface area contributed by atoms with Crippen molar-refractivity contribution in [3.63, 3.8) is 0 Å². The Morgan fingerprint density at radius 3 is 2.15 bits per heavy atom. The third-order valence-electron chi connectivity index (χ3n) is 5.49. The van der Waals surface area contributed by atoms with Crippen LogP contribution in [0.25, 0.3) is 0 Å². The summed E-state index contributed by atoms with van der Waals surface area (Å²) in [7, 11) is 2.23. The molecule has 3 rings (SSSR count). The molecule has 0 spiro atoms. The maximum absolute atomic E-state index is 11.2. The minimum Gasteiger partial charge on any atom is -0.385 e. The summed E-state index contributed by atoms with van der Waals surface area (Å²) in [6.45, 7) is 4.42. The van der Waals surface area contributed by atoms with Gasteiger partial charge in [-0.15, -0.1) is 0 Å². The maximum atomic E-state index is 11.2. The average molecular weight is 273 g/mol. The molecule has 2 nitrogen and oxygen atoms in total. The molecule has 2 fully saturated rings. The van der Waals surface area contributed by atoms with Gasteiger partial charge in [-0.25, -0.2) is 0 Å². The van der Waals surface area contributed by atoms with Crippen molar-refractivity contribution in [1.82, 2.24) is 4.90 Å². The fourth-order valence-corrected chi connectivity index (χ4v) is 4.06. The zero-order valence-electron chi connectivity index (χ0n) is 13.0. The summed E-state index contributed by atoms with van der Waals surface area (Å²) in [6, 6.07) is 9.78. The third kappa shape index (κ3) is 2.40. The second kappa shape index (κ2) is 5.16. The van der Waals surface area contributed by atoms with Crippen LogP contribution in [0.2, 0.25) is 0 Å². The highest BCUT2D eigenvalue weighted by Gasteiger charge is 2.44. The number of fused-ring (bicyclic) bond motifs is 2. The molecule has 0 amide bonds. The molecule has 20 heavy (non-hydrogen) atoms. The van der Waals surface area contributed by atoms with E-state index in [1.165, 1.54) is 24.8 Å². The van der Waals surface area contributed by atoms with Crippen LogP contribution in [0.1, 0.15) is 63.0 Å². The average Bonchev–Trinajstić information content (AvgIpc) is 2.41. The number of hydrogen-bond acceptors (Lipinski definition) is 2. The van der Waals surface area contributed by atoms with Crippen LogP contribution in [0.3, 0.4) is 0 Å². The van der Waals surface area contributed by atoms with Crippen molar-refractivity contribution >= 4 is 0 Å². The highest BCUT2D eigenvalue weighted by Crippen LogP contribution is 2.43. The smallest absolute Gasteiger partial charge is 0.0926 e. The van der Waals surface area contributed by atoms with Crippen LogP contribution in [0.5, 0.6) is 0 Å². The van der Waals surface area contributed by atoms with Crippen molar-refractivity contribution in [1.29, 1.82) is 0 Å². The molecule has 2 bridgehead atoms. The predicted octanol–water partition coefficient (Wildman–Crippen LogP) is 3.64. The molecule has 110 valence electrons. The Morgan fingerprint density at radius 1 is 1.10 bits per heavy atom. The molecule has 1 aromatic carbocycles. The number of benzene rings is 1. The summed E-state index contributed by atoms with van der Waals surface area (Å²) >= 11 is 0. The van der Waals surface area contributed by atoms with Crippen molar-refractivity contribution in [2.75, 3.05) is 7.05 Å². The van der Waals surface area contributed by atoms with Gasteiger partial charge < -0.3 is 10.0 Å². The lowest BCUT2D eigenvalue weighted by Crippen LogP contribution is -2.55. The molecule has 1 N–H and O–H groups in total. The minimum absolute atomic E-state index is 0.551. The fourth-order valence-electron chi connectivity index (χ4n) is 4.06. The lowest BCUT2D eigenvalue weighted by molar-refractivity contribution is -0.0874. The Kier molecular flexibility index (Phi) is 3.64. The van der Waals surface area contributed by atoms with Crippen LogP contribution in [-0.2, 0) is 5.60 Å². The number of nitrogens with zero attached hydrogens (tertiary/aromatic N) is 1. The summed E-state index contributed by atoms with van der Waals surface area (Å²) in [5.74, 6) is 0.551. The molecule has 2 saturated heterocycles. The van der Waals surface area contributed by atoms with Crippen molar-refractivity contribution < 1.29 is 5.11 Å². The van der Waals surface area contributed by atoms with Crippen molar-refractivity contribution in [3.8, 4) is 0 Å². The van der Waals surface area contributed by atoms with Crippen LogP contribution >= 0.6 is 0 Å². The maximum Gasteiger partial charge on any atom is 0.0926 e. The van der Waals surface area contributed by atoms with Gasteiger partial charge in [0.25, 0.3) is 0 Å². The highest BCUT2D eigenvalue weighted by molar-refractivity contribution is 5.30. The van der Waals surface area contributed by atoms with E-state index < -0.39 is 5.60 Å². The Hall–Kier alpha value is -0.860. The largest absolute Gasteiger partial charge is 0.385 e. The normalized spacial score (nSPS) is 34.5. The van der Waals surface area contributed by atoms with Gasteiger partial charge in [0.15, 0.2) is 0 Å². The molecule has 2 aliphatic heterocycles. The molecule has 0 radical (unpaired) electrons. The van der Waals surface area contributed by atoms with Crippen LogP contribution in [0, 0.1) is 0 Å². The first-order chi connectivity index (χ1) is 9.49. The molecule has 0 aliphatic carbocycles. The number of aliphatic hydroxyl groups is 1. The van der Waals surface area contributed by atoms with E-state index in [1.807, 2.05) is 0 Å². The lowest BCUT2D eigenvalue weighted by atomic mass is 9.72. The van der Waals surface area contributed by atoms with Crippen LogP contribution < -0.4 is 0 Å². The molecule has 2 atom stereocenters. The van der Waals surface area contributed by atoms with E-state index in [2.05, 4.69) is 50.1 Å². The van der Waals surface area contributed by atoms with E-state index in [9.17, 15) is 5.11 Å². The van der Waals surface area contributed by atoms with Gasteiger partial charge in [-0.1, -0.05) is 44.5 Å². The molecule has 0 aromatic heterocycles. The van der Waals surface area contributed by atoms with E-state index in [0.29, 0.717) is 18.0 Å². The summed E-state index contributed by atoms with van der Waals surface area (Å²) in [6.07, 6.45) is 5.57. The van der Waals surface area contributed by atoms with E-state index in [4.69, 9.17) is 0 Å². The first-order valence-corrected chi connectivity index (χ1v) is 8.04. The number of hydrogen-bond donors (Lipinski definition) is 1. The van der Waals surface area contributed by atoms with E-state index in [1.54, 1.807) is 0 Å². The van der Waals surface area contributed by atoms with Gasteiger partial charge in [-0.2, -0.15) is 0 Å². The van der Waals surface area contributed by atoms with Gasteiger partial charge in [-0.3, -0.25) is 0 Å². The van der Waals surface area contributed by atoms with Crippen molar-refractivity contribution in [2.45, 2.75) is 69.6 Å². The lowest BCUT2D eigenvalue weighted by Gasteiger charge is -2.50. The molecule has 2 heteroatoms. The third-order valence-corrected chi connectivity index (χ3v) is 5.49. The van der Waals surface area contributed by atoms with Crippen LogP contribution in [0.4, 0.5) is 0 Å². The quantitative estimate of drug-likeness (QED) is 0.889. The SMILES string of the molecule is CC(C)c1ccc(C2(O)CC3CCCC(C2)N3C)cc1. The van der Waals surface area contributed by atoms with Crippen LogP contribution in [-0.4, -0.2) is 29.1 Å². The monoisotopic (exact) mass is 273 g/mol. The van der Waals surface area contributed by atoms with Crippen molar-refractivity contribution in [3.05, 3.63) is 35.4 Å². The van der Waals surface area contributed by atoms with E-state index in [0.717, 1.165) is 18.4 Å².